The first kappa shape index (κ1) is 24.7. The lowest BCUT2D eigenvalue weighted by molar-refractivity contribution is -0.137. The summed E-state index contributed by atoms with van der Waals surface area (Å²) in [7, 11) is 1.65. The molecule has 0 spiro atoms. The Bertz CT molecular complexity index is 582. The van der Waals surface area contributed by atoms with Crippen LogP contribution in [0, 0.1) is 0 Å². The number of aromatic nitrogens is 1. The summed E-state index contributed by atoms with van der Waals surface area (Å²) in [5, 5.41) is 6.20. The van der Waals surface area contributed by atoms with Gasteiger partial charge in [0.2, 0.25) is 5.88 Å². The molecule has 0 aliphatic carbocycles. The van der Waals surface area contributed by atoms with Crippen molar-refractivity contribution in [3.8, 4) is 5.88 Å². The summed E-state index contributed by atoms with van der Waals surface area (Å²) >= 11 is 0. The van der Waals surface area contributed by atoms with E-state index >= 15 is 0 Å². The second-order valence-electron chi connectivity index (χ2n) is 5.87. The molecule has 1 unspecified atom stereocenters. The van der Waals surface area contributed by atoms with Gasteiger partial charge in [0.15, 0.2) is 5.96 Å². The minimum Gasteiger partial charge on any atom is -0.476 e. The Morgan fingerprint density at radius 3 is 2.68 bits per heavy atom. The van der Waals surface area contributed by atoms with Gasteiger partial charge in [-0.05, 0) is 18.9 Å². The van der Waals surface area contributed by atoms with Gasteiger partial charge in [0.1, 0.15) is 6.61 Å². The molecule has 2 heterocycles. The van der Waals surface area contributed by atoms with Gasteiger partial charge in [-0.15, -0.1) is 24.0 Å². The fourth-order valence-corrected chi connectivity index (χ4v) is 2.35. The van der Waals surface area contributed by atoms with E-state index in [0.717, 1.165) is 31.7 Å². The zero-order valence-corrected chi connectivity index (χ0v) is 18.0. The lowest BCUT2D eigenvalue weighted by Gasteiger charge is -2.13. The number of rotatable bonds is 9. The summed E-state index contributed by atoms with van der Waals surface area (Å²) in [6, 6.07) is 2.14. The predicted octanol–water partition coefficient (Wildman–Crippen LogP) is 2.46. The molecule has 0 aromatic carbocycles. The number of hydrogen-bond acceptors (Lipinski definition) is 5. The maximum atomic E-state index is 12.5. The Labute approximate surface area is 179 Å². The first-order chi connectivity index (χ1) is 13.0. The van der Waals surface area contributed by atoms with E-state index in [2.05, 4.69) is 20.6 Å². The quantitative estimate of drug-likeness (QED) is 0.227. The molecule has 1 aliphatic rings. The van der Waals surface area contributed by atoms with Crippen molar-refractivity contribution >= 4 is 29.9 Å². The van der Waals surface area contributed by atoms with Crippen LogP contribution in [-0.4, -0.2) is 63.6 Å². The van der Waals surface area contributed by atoms with Crippen molar-refractivity contribution in [2.75, 3.05) is 46.6 Å². The highest BCUT2D eigenvalue weighted by molar-refractivity contribution is 14.0. The van der Waals surface area contributed by atoms with E-state index in [0.29, 0.717) is 32.3 Å². The summed E-state index contributed by atoms with van der Waals surface area (Å²) in [6.07, 6.45) is -1.66. The zero-order valence-electron chi connectivity index (χ0n) is 15.6. The Morgan fingerprint density at radius 2 is 2.07 bits per heavy atom. The number of pyridine rings is 1. The maximum absolute atomic E-state index is 12.5. The molecule has 11 heteroatoms. The topological polar surface area (TPSA) is 77.0 Å². The van der Waals surface area contributed by atoms with Crippen LogP contribution in [0.25, 0.3) is 0 Å². The number of halogens is 4. The number of ether oxygens (including phenoxy) is 3. The van der Waals surface area contributed by atoms with Crippen LogP contribution in [0.1, 0.15) is 18.4 Å². The van der Waals surface area contributed by atoms with Crippen LogP contribution in [0.15, 0.2) is 23.3 Å². The van der Waals surface area contributed by atoms with Crippen molar-refractivity contribution < 1.29 is 27.4 Å². The third-order valence-corrected chi connectivity index (χ3v) is 3.79. The highest BCUT2D eigenvalue weighted by Crippen LogP contribution is 2.29. The SMILES string of the molecule is CN=C(NCCCOC1CCOC1)NCCOc1ccc(C(F)(F)F)cn1.I. The molecule has 1 aromatic rings. The molecule has 0 amide bonds. The maximum Gasteiger partial charge on any atom is 0.417 e. The van der Waals surface area contributed by atoms with E-state index in [-0.39, 0.29) is 42.6 Å². The van der Waals surface area contributed by atoms with E-state index < -0.39 is 11.7 Å². The third-order valence-electron chi connectivity index (χ3n) is 3.79. The van der Waals surface area contributed by atoms with Crippen molar-refractivity contribution in [2.24, 2.45) is 4.99 Å². The molecule has 160 valence electrons. The van der Waals surface area contributed by atoms with Gasteiger partial charge in [-0.1, -0.05) is 0 Å². The molecule has 1 saturated heterocycles. The second kappa shape index (κ2) is 13.0. The van der Waals surface area contributed by atoms with E-state index in [1.165, 1.54) is 6.07 Å². The fourth-order valence-electron chi connectivity index (χ4n) is 2.35. The molecule has 2 N–H and O–H groups in total. The largest absolute Gasteiger partial charge is 0.476 e. The van der Waals surface area contributed by atoms with Gasteiger partial charge in [0.05, 0.1) is 24.8 Å². The molecule has 7 nitrogen and oxygen atoms in total. The Hall–Kier alpha value is -1.34. The minimum absolute atomic E-state index is 0. The third kappa shape index (κ3) is 9.24. The van der Waals surface area contributed by atoms with Crippen molar-refractivity contribution in [3.63, 3.8) is 0 Å². The summed E-state index contributed by atoms with van der Waals surface area (Å²) < 4.78 is 53.6. The van der Waals surface area contributed by atoms with Crippen LogP contribution >= 0.6 is 24.0 Å². The Kier molecular flexibility index (Phi) is 11.5. The lowest BCUT2D eigenvalue weighted by Crippen LogP contribution is -2.40. The van der Waals surface area contributed by atoms with Gasteiger partial charge >= 0.3 is 6.18 Å². The molecule has 1 aliphatic heterocycles. The lowest BCUT2D eigenvalue weighted by atomic mass is 10.3. The van der Waals surface area contributed by atoms with Crippen LogP contribution < -0.4 is 15.4 Å². The molecule has 0 saturated carbocycles. The van der Waals surface area contributed by atoms with Gasteiger partial charge in [0, 0.05) is 39.1 Å². The van der Waals surface area contributed by atoms with E-state index in [9.17, 15) is 13.2 Å². The molecule has 0 bridgehead atoms. The molecule has 1 atom stereocenters. The average molecular weight is 518 g/mol. The van der Waals surface area contributed by atoms with Crippen molar-refractivity contribution in [2.45, 2.75) is 25.1 Å². The number of nitrogens with one attached hydrogen (secondary N) is 2. The number of hydrogen-bond donors (Lipinski definition) is 2. The summed E-state index contributed by atoms with van der Waals surface area (Å²) in [4.78, 5) is 7.73. The van der Waals surface area contributed by atoms with Gasteiger partial charge in [-0.2, -0.15) is 13.2 Å². The van der Waals surface area contributed by atoms with Gasteiger partial charge in [-0.3, -0.25) is 4.99 Å². The fraction of sp³-hybridized carbons (Fsp3) is 0.647. The van der Waals surface area contributed by atoms with Crippen molar-refractivity contribution in [1.29, 1.82) is 0 Å². The predicted molar refractivity (Wildman–Crippen MR) is 109 cm³/mol. The van der Waals surface area contributed by atoms with Crippen LogP contribution in [0.2, 0.25) is 0 Å². The molecule has 2 rings (SSSR count). The highest BCUT2D eigenvalue weighted by Gasteiger charge is 2.30. The molecule has 1 aromatic heterocycles. The minimum atomic E-state index is -4.40. The molecule has 1 fully saturated rings. The molecule has 0 radical (unpaired) electrons. The molecule has 28 heavy (non-hydrogen) atoms. The van der Waals surface area contributed by atoms with Crippen LogP contribution in [0.3, 0.4) is 0 Å². The first-order valence-corrected chi connectivity index (χ1v) is 8.79. The van der Waals surface area contributed by atoms with E-state index in [4.69, 9.17) is 14.2 Å². The number of aliphatic imine (C=N–C) groups is 1. The average Bonchev–Trinajstić information content (AvgIpc) is 3.16. The van der Waals surface area contributed by atoms with Gasteiger partial charge in [-0.25, -0.2) is 4.98 Å². The Morgan fingerprint density at radius 1 is 1.29 bits per heavy atom. The number of nitrogens with zero attached hydrogens (tertiary/aromatic N) is 2. The first-order valence-electron chi connectivity index (χ1n) is 8.79. The van der Waals surface area contributed by atoms with E-state index in [1.807, 2.05) is 0 Å². The zero-order chi connectivity index (χ0) is 19.5. The Balaban J connectivity index is 0.00000392. The summed E-state index contributed by atoms with van der Waals surface area (Å²) in [5.74, 6) is 0.754. The van der Waals surface area contributed by atoms with Crippen LogP contribution in [-0.2, 0) is 15.7 Å². The molecular formula is C17H26F3IN4O3. The summed E-state index contributed by atoms with van der Waals surface area (Å²) in [5.41, 5.74) is -0.804. The summed E-state index contributed by atoms with van der Waals surface area (Å²) in [6.45, 7) is 3.46. The molecular weight excluding hydrogens is 492 g/mol. The van der Waals surface area contributed by atoms with Gasteiger partial charge in [0.25, 0.3) is 0 Å². The standard InChI is InChI=1S/C17H25F3N4O3.HI/c1-21-16(22-6-2-8-26-14-5-9-25-12-14)23-7-10-27-15-4-3-13(11-24-15)17(18,19)20;/h3-4,11,14H,2,5-10,12H2,1H3,(H2,21,22,23);1H. The smallest absolute Gasteiger partial charge is 0.417 e. The second-order valence-corrected chi connectivity index (χ2v) is 5.87. The monoisotopic (exact) mass is 518 g/mol. The van der Waals surface area contributed by atoms with Gasteiger partial charge < -0.3 is 24.8 Å². The van der Waals surface area contributed by atoms with Crippen LogP contribution in [0.4, 0.5) is 13.2 Å². The van der Waals surface area contributed by atoms with Crippen molar-refractivity contribution in [1.82, 2.24) is 15.6 Å². The number of guanidine groups is 1. The highest BCUT2D eigenvalue weighted by atomic mass is 127. The van der Waals surface area contributed by atoms with Crippen molar-refractivity contribution in [3.05, 3.63) is 23.9 Å². The van der Waals surface area contributed by atoms with Crippen LogP contribution in [0.5, 0.6) is 5.88 Å². The number of alkyl halides is 3. The van der Waals surface area contributed by atoms with E-state index in [1.54, 1.807) is 7.05 Å². The normalized spacial score (nSPS) is 17.1.